The third-order valence-electron chi connectivity index (χ3n) is 4.96. The van der Waals surface area contributed by atoms with Gasteiger partial charge in [-0.1, -0.05) is 23.9 Å². The Labute approximate surface area is 184 Å². The van der Waals surface area contributed by atoms with Crippen LogP contribution in [0.3, 0.4) is 0 Å². The van der Waals surface area contributed by atoms with E-state index in [2.05, 4.69) is 15.5 Å². The Morgan fingerprint density at radius 3 is 2.77 bits per heavy atom. The zero-order valence-corrected chi connectivity index (χ0v) is 17.9. The lowest BCUT2D eigenvalue weighted by Gasteiger charge is -2.15. The molecule has 1 atom stereocenters. The average molecular weight is 443 g/mol. The van der Waals surface area contributed by atoms with E-state index in [9.17, 15) is 9.18 Å². The maximum Gasteiger partial charge on any atom is 0.234 e. The van der Waals surface area contributed by atoms with Gasteiger partial charge in [-0.2, -0.15) is 0 Å². The summed E-state index contributed by atoms with van der Waals surface area (Å²) in [6, 6.07) is 13.7. The number of amides is 1. The van der Waals surface area contributed by atoms with Crippen LogP contribution < -0.4 is 10.1 Å². The van der Waals surface area contributed by atoms with Crippen LogP contribution in [0.1, 0.15) is 12.8 Å². The van der Waals surface area contributed by atoms with Crippen LogP contribution in [0, 0.1) is 5.82 Å². The number of carbonyl (C=O) groups is 1. The molecule has 0 bridgehead atoms. The Kier molecular flexibility index (Phi) is 6.83. The van der Waals surface area contributed by atoms with Gasteiger partial charge in [0.25, 0.3) is 0 Å². The summed E-state index contributed by atoms with van der Waals surface area (Å²) in [4.78, 5) is 12.3. The average Bonchev–Trinajstić information content (AvgIpc) is 3.44. The highest BCUT2D eigenvalue weighted by molar-refractivity contribution is 7.99. The number of halogens is 1. The molecule has 1 N–H and O–H groups in total. The van der Waals surface area contributed by atoms with E-state index in [1.165, 1.54) is 23.9 Å². The molecule has 1 unspecified atom stereocenters. The number of thioether (sulfide) groups is 1. The van der Waals surface area contributed by atoms with E-state index in [-0.39, 0.29) is 23.5 Å². The van der Waals surface area contributed by atoms with Crippen molar-refractivity contribution in [2.24, 2.45) is 0 Å². The van der Waals surface area contributed by atoms with Crippen molar-refractivity contribution in [2.75, 3.05) is 24.8 Å². The number of ether oxygens (including phenoxy) is 2. The molecule has 0 spiro atoms. The quantitative estimate of drug-likeness (QED) is 0.531. The van der Waals surface area contributed by atoms with E-state index >= 15 is 0 Å². The van der Waals surface area contributed by atoms with Gasteiger partial charge in [-0.15, -0.1) is 10.2 Å². The van der Waals surface area contributed by atoms with Crippen molar-refractivity contribution in [3.8, 4) is 17.1 Å². The van der Waals surface area contributed by atoms with Crippen molar-refractivity contribution in [2.45, 2.75) is 30.6 Å². The number of nitrogens with zero attached hydrogens (tertiary/aromatic N) is 3. The molecule has 7 nitrogen and oxygen atoms in total. The fourth-order valence-electron chi connectivity index (χ4n) is 3.38. The second-order valence-electron chi connectivity index (χ2n) is 7.10. The third-order valence-corrected chi connectivity index (χ3v) is 5.92. The molecule has 0 aliphatic carbocycles. The second kappa shape index (κ2) is 9.93. The third kappa shape index (κ3) is 5.23. The van der Waals surface area contributed by atoms with E-state index in [1.807, 2.05) is 28.8 Å². The van der Waals surface area contributed by atoms with E-state index < -0.39 is 5.82 Å². The van der Waals surface area contributed by atoms with Gasteiger partial charge in [0.2, 0.25) is 5.91 Å². The van der Waals surface area contributed by atoms with Crippen molar-refractivity contribution >= 4 is 23.4 Å². The van der Waals surface area contributed by atoms with Gasteiger partial charge < -0.3 is 14.8 Å². The SMILES string of the molecule is COc1ccc(-c2nnc(SCC(=O)Nc3ccccc3F)n2CC2CCCO2)cc1. The molecule has 9 heteroatoms. The summed E-state index contributed by atoms with van der Waals surface area (Å²) >= 11 is 1.26. The van der Waals surface area contributed by atoms with Crippen LogP contribution in [0.5, 0.6) is 5.75 Å². The smallest absolute Gasteiger partial charge is 0.234 e. The lowest BCUT2D eigenvalue weighted by Crippen LogP contribution is -2.18. The largest absolute Gasteiger partial charge is 0.497 e. The van der Waals surface area contributed by atoms with E-state index in [0.717, 1.165) is 30.8 Å². The van der Waals surface area contributed by atoms with Crippen LogP contribution in [-0.2, 0) is 16.1 Å². The molecule has 1 saturated heterocycles. The molecule has 2 heterocycles. The number of nitrogens with one attached hydrogen (secondary N) is 1. The molecule has 0 saturated carbocycles. The molecule has 1 aliphatic heterocycles. The van der Waals surface area contributed by atoms with Gasteiger partial charge in [-0.3, -0.25) is 9.36 Å². The van der Waals surface area contributed by atoms with Crippen LogP contribution in [0.4, 0.5) is 10.1 Å². The molecular formula is C22H23FN4O3S. The lowest BCUT2D eigenvalue weighted by molar-refractivity contribution is -0.113. The van der Waals surface area contributed by atoms with Crippen molar-refractivity contribution < 1.29 is 18.7 Å². The molecule has 1 fully saturated rings. The Bertz CT molecular complexity index is 1040. The van der Waals surface area contributed by atoms with Gasteiger partial charge in [0.05, 0.1) is 31.2 Å². The summed E-state index contributed by atoms with van der Waals surface area (Å²) in [6.45, 7) is 1.35. The molecule has 1 aromatic heterocycles. The number of benzene rings is 2. The highest BCUT2D eigenvalue weighted by Crippen LogP contribution is 2.28. The predicted molar refractivity (Wildman–Crippen MR) is 117 cm³/mol. The Morgan fingerprint density at radius 1 is 1.26 bits per heavy atom. The van der Waals surface area contributed by atoms with Crippen LogP contribution in [0.25, 0.3) is 11.4 Å². The number of hydrogen-bond donors (Lipinski definition) is 1. The Balaban J connectivity index is 1.51. The number of anilines is 1. The van der Waals surface area contributed by atoms with E-state index in [1.54, 1.807) is 19.2 Å². The minimum absolute atomic E-state index is 0.0830. The fraction of sp³-hybridized carbons (Fsp3) is 0.318. The molecule has 0 radical (unpaired) electrons. The molecule has 31 heavy (non-hydrogen) atoms. The highest BCUT2D eigenvalue weighted by Gasteiger charge is 2.22. The number of aromatic nitrogens is 3. The topological polar surface area (TPSA) is 78.3 Å². The zero-order chi connectivity index (χ0) is 21.6. The first kappa shape index (κ1) is 21.3. The number of carbonyl (C=O) groups excluding carboxylic acids is 1. The summed E-state index contributed by atoms with van der Waals surface area (Å²) in [6.07, 6.45) is 2.08. The van der Waals surface area contributed by atoms with Crippen LogP contribution >= 0.6 is 11.8 Å². The lowest BCUT2D eigenvalue weighted by atomic mass is 10.2. The van der Waals surface area contributed by atoms with Crippen molar-refractivity contribution in [3.05, 3.63) is 54.3 Å². The minimum atomic E-state index is -0.468. The second-order valence-corrected chi connectivity index (χ2v) is 8.04. The van der Waals surface area contributed by atoms with Gasteiger partial charge in [-0.25, -0.2) is 4.39 Å². The first-order valence-electron chi connectivity index (χ1n) is 10.0. The summed E-state index contributed by atoms with van der Waals surface area (Å²) in [7, 11) is 1.62. The van der Waals surface area contributed by atoms with Gasteiger partial charge in [0, 0.05) is 12.2 Å². The minimum Gasteiger partial charge on any atom is -0.497 e. The first-order chi connectivity index (χ1) is 15.1. The Hall–Kier alpha value is -2.91. The van der Waals surface area contributed by atoms with Crippen molar-refractivity contribution in [1.82, 2.24) is 14.8 Å². The first-order valence-corrected chi connectivity index (χ1v) is 11.0. The zero-order valence-electron chi connectivity index (χ0n) is 17.1. The summed E-state index contributed by atoms with van der Waals surface area (Å²) < 4.78 is 26.8. The molecular weight excluding hydrogens is 419 g/mol. The number of methoxy groups -OCH3 is 1. The number of para-hydroxylation sites is 1. The normalized spacial score (nSPS) is 15.7. The maximum atomic E-state index is 13.8. The van der Waals surface area contributed by atoms with Crippen molar-refractivity contribution in [3.63, 3.8) is 0 Å². The monoisotopic (exact) mass is 442 g/mol. The molecule has 4 rings (SSSR count). The molecule has 162 valence electrons. The van der Waals surface area contributed by atoms with Crippen LogP contribution in [0.2, 0.25) is 0 Å². The fourth-order valence-corrected chi connectivity index (χ4v) is 4.13. The van der Waals surface area contributed by atoms with Crippen LogP contribution in [0.15, 0.2) is 53.7 Å². The molecule has 2 aromatic carbocycles. The highest BCUT2D eigenvalue weighted by atomic mass is 32.2. The summed E-state index contributed by atoms with van der Waals surface area (Å²) in [5, 5.41) is 11.9. The molecule has 3 aromatic rings. The van der Waals surface area contributed by atoms with E-state index in [4.69, 9.17) is 9.47 Å². The number of hydrogen-bond acceptors (Lipinski definition) is 6. The Morgan fingerprint density at radius 2 is 2.06 bits per heavy atom. The summed E-state index contributed by atoms with van der Waals surface area (Å²) in [5.41, 5.74) is 1.06. The van der Waals surface area contributed by atoms with Gasteiger partial charge in [-0.05, 0) is 49.2 Å². The van der Waals surface area contributed by atoms with Crippen LogP contribution in [-0.4, -0.2) is 46.2 Å². The number of rotatable bonds is 8. The van der Waals surface area contributed by atoms with Crippen molar-refractivity contribution in [1.29, 1.82) is 0 Å². The summed E-state index contributed by atoms with van der Waals surface area (Å²) in [5.74, 6) is 0.765. The standard InChI is InChI=1S/C22H23FN4O3S/c1-29-16-10-8-15(9-11-16)21-25-26-22(27(21)13-17-5-4-12-30-17)31-14-20(28)24-19-7-3-2-6-18(19)23/h2-3,6-11,17H,4-5,12-14H2,1H3,(H,24,28). The van der Waals surface area contributed by atoms with Gasteiger partial charge in [0.1, 0.15) is 11.6 Å². The van der Waals surface area contributed by atoms with Gasteiger partial charge in [0.15, 0.2) is 11.0 Å². The van der Waals surface area contributed by atoms with E-state index in [0.29, 0.717) is 17.5 Å². The predicted octanol–water partition coefficient (Wildman–Crippen LogP) is 4.00. The molecule has 1 aliphatic rings. The van der Waals surface area contributed by atoms with Gasteiger partial charge >= 0.3 is 0 Å². The molecule has 1 amide bonds. The maximum absolute atomic E-state index is 13.8.